The lowest BCUT2D eigenvalue weighted by Gasteiger charge is -2.35. The van der Waals surface area contributed by atoms with Gasteiger partial charge in [0, 0.05) is 0 Å². The molecule has 1 aliphatic carbocycles. The van der Waals surface area contributed by atoms with Gasteiger partial charge < -0.3 is 24.1 Å². The van der Waals surface area contributed by atoms with Crippen LogP contribution in [0.15, 0.2) is 12.1 Å². The molecule has 6 nitrogen and oxygen atoms in total. The molecular formula is C17H22O6. The van der Waals surface area contributed by atoms with E-state index >= 15 is 0 Å². The molecule has 0 radical (unpaired) electrons. The average molecular weight is 322 g/mol. The first-order valence-electron chi connectivity index (χ1n) is 7.79. The van der Waals surface area contributed by atoms with Gasteiger partial charge in [0.05, 0.1) is 32.7 Å². The van der Waals surface area contributed by atoms with Crippen LogP contribution in [0, 0.1) is 11.8 Å². The summed E-state index contributed by atoms with van der Waals surface area (Å²) in [5.74, 6) is -2.14. The summed E-state index contributed by atoms with van der Waals surface area (Å²) in [6, 6.07) is 3.71. The largest absolute Gasteiger partial charge is 0.493 e. The van der Waals surface area contributed by atoms with E-state index in [0.717, 1.165) is 11.1 Å². The van der Waals surface area contributed by atoms with E-state index in [1.54, 1.807) is 21.1 Å². The number of aliphatic hydroxyl groups is 1. The second-order valence-electron chi connectivity index (χ2n) is 6.08. The number of hydrogen-bond donors (Lipinski definition) is 1. The van der Waals surface area contributed by atoms with Gasteiger partial charge in [-0.15, -0.1) is 0 Å². The van der Waals surface area contributed by atoms with Gasteiger partial charge >= 0.3 is 11.9 Å². The molecule has 126 valence electrons. The van der Waals surface area contributed by atoms with Crippen molar-refractivity contribution in [3.63, 3.8) is 0 Å². The number of cyclic esters (lactones) is 1. The van der Waals surface area contributed by atoms with Crippen LogP contribution in [0.1, 0.15) is 30.9 Å². The fraction of sp³-hybridized carbons (Fsp3) is 0.588. The monoisotopic (exact) mass is 322 g/mol. The molecule has 1 N–H and O–H groups in total. The summed E-state index contributed by atoms with van der Waals surface area (Å²) in [5.41, 5.74) is 1.82. The van der Waals surface area contributed by atoms with E-state index < -0.39 is 23.8 Å². The molecule has 1 aromatic rings. The molecule has 1 saturated heterocycles. The lowest BCUT2D eigenvalue weighted by atomic mass is 9.69. The van der Waals surface area contributed by atoms with Crippen LogP contribution in [-0.4, -0.2) is 37.9 Å². The molecule has 3 rings (SSSR count). The molecule has 1 fully saturated rings. The summed E-state index contributed by atoms with van der Waals surface area (Å²) in [7, 11) is 3.14. The molecular weight excluding hydrogens is 300 g/mol. The quantitative estimate of drug-likeness (QED) is 0.673. The molecule has 0 spiro atoms. The summed E-state index contributed by atoms with van der Waals surface area (Å²) in [6.45, 7) is 3.97. The Morgan fingerprint density at radius 1 is 1.30 bits per heavy atom. The van der Waals surface area contributed by atoms with Crippen molar-refractivity contribution in [2.24, 2.45) is 11.8 Å². The first-order valence-corrected chi connectivity index (χ1v) is 7.79. The minimum atomic E-state index is -1.93. The molecule has 0 aromatic heterocycles. The predicted octanol–water partition coefficient (Wildman–Crippen LogP) is 1.84. The van der Waals surface area contributed by atoms with Gasteiger partial charge in [-0.2, -0.15) is 0 Å². The van der Waals surface area contributed by atoms with Crippen molar-refractivity contribution in [1.29, 1.82) is 0 Å². The number of esters is 1. The highest BCUT2D eigenvalue weighted by molar-refractivity contribution is 5.78. The molecule has 0 amide bonds. The number of methoxy groups -OCH3 is 2. The molecule has 0 bridgehead atoms. The summed E-state index contributed by atoms with van der Waals surface area (Å²) in [5, 5.41) is 10.8. The fourth-order valence-corrected chi connectivity index (χ4v) is 3.79. The maximum absolute atomic E-state index is 12.3. The Bertz CT molecular complexity index is 628. The number of rotatable bonds is 4. The van der Waals surface area contributed by atoms with Gasteiger partial charge in [0.25, 0.3) is 0 Å². The van der Waals surface area contributed by atoms with Gasteiger partial charge in [0.15, 0.2) is 11.5 Å². The second-order valence-corrected chi connectivity index (χ2v) is 6.08. The van der Waals surface area contributed by atoms with Crippen LogP contribution in [0.2, 0.25) is 0 Å². The van der Waals surface area contributed by atoms with E-state index in [1.165, 1.54) is 0 Å². The standard InChI is InChI=1S/C17H22O6/c1-5-22-17(19)15-11-8-13(21-4)12(20-3)7-10(11)6-9(2)14(15)16(18)23-17/h7-9,14-15,19H,5-6H2,1-4H3/t9-,14-,15+,17+/m0/s1. The Balaban J connectivity index is 2.16. The average Bonchev–Trinajstić information content (AvgIpc) is 2.78. The Labute approximate surface area is 135 Å². The highest BCUT2D eigenvalue weighted by atomic mass is 16.8. The molecule has 0 saturated carbocycles. The molecule has 1 aliphatic heterocycles. The molecule has 1 heterocycles. The minimum absolute atomic E-state index is 0.0348. The Kier molecular flexibility index (Phi) is 3.98. The topological polar surface area (TPSA) is 74.2 Å². The van der Waals surface area contributed by atoms with Crippen LogP contribution in [0.4, 0.5) is 0 Å². The Hall–Kier alpha value is -1.79. The van der Waals surface area contributed by atoms with Crippen molar-refractivity contribution in [3.05, 3.63) is 23.3 Å². The van der Waals surface area contributed by atoms with Crippen LogP contribution < -0.4 is 9.47 Å². The summed E-state index contributed by atoms with van der Waals surface area (Å²) in [6.07, 6.45) is 0.703. The zero-order chi connectivity index (χ0) is 16.8. The van der Waals surface area contributed by atoms with Gasteiger partial charge in [-0.1, -0.05) is 6.92 Å². The molecule has 23 heavy (non-hydrogen) atoms. The minimum Gasteiger partial charge on any atom is -0.493 e. The molecule has 0 unspecified atom stereocenters. The number of fused-ring (bicyclic) bond motifs is 3. The summed E-state index contributed by atoms with van der Waals surface area (Å²) >= 11 is 0. The van der Waals surface area contributed by atoms with E-state index in [2.05, 4.69) is 0 Å². The van der Waals surface area contributed by atoms with E-state index in [-0.39, 0.29) is 12.5 Å². The van der Waals surface area contributed by atoms with Gasteiger partial charge in [-0.25, -0.2) is 0 Å². The number of carbonyl (C=O) groups excluding carboxylic acids is 1. The van der Waals surface area contributed by atoms with E-state index in [4.69, 9.17) is 18.9 Å². The van der Waals surface area contributed by atoms with Crippen molar-refractivity contribution in [2.45, 2.75) is 32.2 Å². The van der Waals surface area contributed by atoms with Crippen molar-refractivity contribution in [2.75, 3.05) is 20.8 Å². The third-order valence-corrected chi connectivity index (χ3v) is 4.76. The van der Waals surface area contributed by atoms with Crippen LogP contribution in [0.5, 0.6) is 11.5 Å². The van der Waals surface area contributed by atoms with Crippen LogP contribution in [0.25, 0.3) is 0 Å². The highest BCUT2D eigenvalue weighted by Crippen LogP contribution is 2.53. The second kappa shape index (κ2) is 5.69. The van der Waals surface area contributed by atoms with Crippen LogP contribution in [0.3, 0.4) is 0 Å². The number of hydrogen-bond acceptors (Lipinski definition) is 6. The zero-order valence-corrected chi connectivity index (χ0v) is 13.8. The number of ether oxygens (including phenoxy) is 4. The lowest BCUT2D eigenvalue weighted by molar-refractivity contribution is -0.334. The van der Waals surface area contributed by atoms with Crippen LogP contribution in [-0.2, 0) is 20.7 Å². The fourth-order valence-electron chi connectivity index (χ4n) is 3.79. The highest BCUT2D eigenvalue weighted by Gasteiger charge is 2.60. The molecule has 4 atom stereocenters. The molecule has 6 heteroatoms. The van der Waals surface area contributed by atoms with Gasteiger partial charge in [0.2, 0.25) is 0 Å². The smallest absolute Gasteiger partial charge is 0.334 e. The van der Waals surface area contributed by atoms with Crippen molar-refractivity contribution >= 4 is 5.97 Å². The lowest BCUT2D eigenvalue weighted by Crippen LogP contribution is -2.41. The summed E-state index contributed by atoms with van der Waals surface area (Å²) in [4.78, 5) is 12.3. The van der Waals surface area contributed by atoms with E-state index in [0.29, 0.717) is 17.9 Å². The maximum atomic E-state index is 12.3. The van der Waals surface area contributed by atoms with Crippen molar-refractivity contribution in [3.8, 4) is 11.5 Å². The van der Waals surface area contributed by atoms with E-state index in [1.807, 2.05) is 19.1 Å². The van der Waals surface area contributed by atoms with Gasteiger partial charge in [0.1, 0.15) is 0 Å². The van der Waals surface area contributed by atoms with Crippen molar-refractivity contribution in [1.82, 2.24) is 0 Å². The number of benzene rings is 1. The molecule has 1 aromatic carbocycles. The Morgan fingerprint density at radius 3 is 2.57 bits per heavy atom. The molecule has 2 aliphatic rings. The van der Waals surface area contributed by atoms with Gasteiger partial charge in [-0.05, 0) is 42.5 Å². The third kappa shape index (κ3) is 2.37. The zero-order valence-electron chi connectivity index (χ0n) is 13.8. The van der Waals surface area contributed by atoms with E-state index in [9.17, 15) is 9.90 Å². The predicted molar refractivity (Wildman–Crippen MR) is 81.3 cm³/mol. The first kappa shape index (κ1) is 16.1. The normalized spacial score (nSPS) is 32.0. The maximum Gasteiger partial charge on any atom is 0.334 e. The third-order valence-electron chi connectivity index (χ3n) is 4.76. The van der Waals surface area contributed by atoms with Crippen molar-refractivity contribution < 1.29 is 28.8 Å². The van der Waals surface area contributed by atoms with Crippen LogP contribution >= 0.6 is 0 Å². The SMILES string of the molecule is CCO[C@@]1(O)OC(=O)[C@@H]2[C@H]1c1cc(OC)c(OC)cc1C[C@@H]2C. The van der Waals surface area contributed by atoms with Gasteiger partial charge in [-0.3, -0.25) is 4.79 Å². The summed E-state index contributed by atoms with van der Waals surface area (Å²) < 4.78 is 21.3. The Morgan fingerprint density at radius 2 is 1.96 bits per heavy atom. The number of carbonyl (C=O) groups is 1. The first-order chi connectivity index (χ1) is 10.9.